The van der Waals surface area contributed by atoms with Gasteiger partial charge < -0.3 is 10.1 Å². The van der Waals surface area contributed by atoms with Gasteiger partial charge in [-0.1, -0.05) is 6.42 Å². The third kappa shape index (κ3) is 11.3. The highest BCUT2D eigenvalue weighted by Crippen LogP contribution is 2.06. The van der Waals surface area contributed by atoms with Crippen LogP contribution in [0.1, 0.15) is 46.5 Å². The largest absolute Gasteiger partial charge is 0.444 e. The number of carbonyl (C=O) groups is 2. The van der Waals surface area contributed by atoms with Crippen LogP contribution in [0.15, 0.2) is 0 Å². The number of rotatable bonds is 6. The molecule has 0 aliphatic carbocycles. The number of alkyl carbamates (subject to hydrolysis) is 1. The van der Waals surface area contributed by atoms with Crippen molar-refractivity contribution < 1.29 is 14.3 Å². The monoisotopic (exact) mass is 249 g/mol. The zero-order chi connectivity index (χ0) is 12.6. The van der Waals surface area contributed by atoms with Crippen LogP contribution in [0, 0.1) is 0 Å². The number of carbonyl (C=O) groups excluding carboxylic acids is 2. The number of hydrogen-bond acceptors (Lipinski definition) is 3. The van der Waals surface area contributed by atoms with Gasteiger partial charge in [-0.2, -0.15) is 0 Å². The summed E-state index contributed by atoms with van der Waals surface area (Å²) in [5.74, 6) is 0. The Hall–Kier alpha value is -0.770. The number of hydrogen-bond donors (Lipinski definition) is 1. The Balaban J connectivity index is 3.38. The summed E-state index contributed by atoms with van der Waals surface area (Å²) in [5.41, 5.74) is -0.463. The molecular weight excluding hydrogens is 230 g/mol. The van der Waals surface area contributed by atoms with Crippen LogP contribution in [0.2, 0.25) is 0 Å². The van der Waals surface area contributed by atoms with E-state index in [4.69, 9.17) is 16.3 Å². The number of halogens is 1. The molecule has 0 bridgehead atoms. The molecular formula is C11H20ClNO3. The van der Waals surface area contributed by atoms with E-state index in [0.717, 1.165) is 19.3 Å². The summed E-state index contributed by atoms with van der Waals surface area (Å²) in [6, 6.07) is 0. The van der Waals surface area contributed by atoms with Crippen molar-refractivity contribution in [3.8, 4) is 0 Å². The minimum Gasteiger partial charge on any atom is -0.444 e. The van der Waals surface area contributed by atoms with Gasteiger partial charge in [-0.25, -0.2) is 4.79 Å². The summed E-state index contributed by atoms with van der Waals surface area (Å²) in [7, 11) is 0. The number of amides is 1. The van der Waals surface area contributed by atoms with Crippen molar-refractivity contribution in [2.75, 3.05) is 6.54 Å². The van der Waals surface area contributed by atoms with E-state index in [1.165, 1.54) is 0 Å². The highest BCUT2D eigenvalue weighted by Gasteiger charge is 2.15. The van der Waals surface area contributed by atoms with Crippen molar-refractivity contribution in [3.63, 3.8) is 0 Å². The van der Waals surface area contributed by atoms with Crippen LogP contribution in [0.25, 0.3) is 0 Å². The lowest BCUT2D eigenvalue weighted by atomic mass is 10.2. The van der Waals surface area contributed by atoms with Gasteiger partial charge >= 0.3 is 6.09 Å². The van der Waals surface area contributed by atoms with Gasteiger partial charge in [-0.3, -0.25) is 4.79 Å². The van der Waals surface area contributed by atoms with Gasteiger partial charge in [0.1, 0.15) is 5.60 Å². The maximum atomic E-state index is 11.2. The van der Waals surface area contributed by atoms with E-state index in [-0.39, 0.29) is 5.24 Å². The van der Waals surface area contributed by atoms with Crippen LogP contribution >= 0.6 is 11.6 Å². The van der Waals surface area contributed by atoms with Crippen LogP contribution in [0.5, 0.6) is 0 Å². The maximum absolute atomic E-state index is 11.2. The lowest BCUT2D eigenvalue weighted by Crippen LogP contribution is -2.32. The Bertz CT molecular complexity index is 236. The van der Waals surface area contributed by atoms with Crippen LogP contribution in [0.3, 0.4) is 0 Å². The van der Waals surface area contributed by atoms with E-state index in [1.54, 1.807) is 0 Å². The van der Waals surface area contributed by atoms with Gasteiger partial charge in [0.2, 0.25) is 5.24 Å². The summed E-state index contributed by atoms with van der Waals surface area (Å²) in [6.45, 7) is 6.02. The molecule has 0 heterocycles. The minimum absolute atomic E-state index is 0.305. The van der Waals surface area contributed by atoms with Gasteiger partial charge in [-0.15, -0.1) is 0 Å². The molecule has 1 N–H and O–H groups in total. The normalized spacial score (nSPS) is 11.0. The number of unbranched alkanes of at least 4 members (excludes halogenated alkanes) is 2. The van der Waals surface area contributed by atoms with Crippen molar-refractivity contribution in [2.45, 2.75) is 52.1 Å². The van der Waals surface area contributed by atoms with Crippen molar-refractivity contribution in [1.29, 1.82) is 0 Å². The molecule has 4 nitrogen and oxygen atoms in total. The summed E-state index contributed by atoms with van der Waals surface area (Å²) in [5, 5.41) is 2.34. The van der Waals surface area contributed by atoms with Crippen molar-refractivity contribution in [3.05, 3.63) is 0 Å². The predicted octanol–water partition coefficient (Wildman–Crippen LogP) is 2.84. The molecule has 16 heavy (non-hydrogen) atoms. The molecule has 0 atom stereocenters. The van der Waals surface area contributed by atoms with E-state index >= 15 is 0 Å². The van der Waals surface area contributed by atoms with Gasteiger partial charge in [-0.05, 0) is 45.2 Å². The maximum Gasteiger partial charge on any atom is 0.407 e. The molecule has 0 aliphatic heterocycles. The van der Waals surface area contributed by atoms with Gasteiger partial charge in [0.25, 0.3) is 0 Å². The lowest BCUT2D eigenvalue weighted by Gasteiger charge is -2.19. The van der Waals surface area contributed by atoms with Crippen LogP contribution in [-0.4, -0.2) is 23.5 Å². The second-order valence-corrected chi connectivity index (χ2v) is 5.02. The molecule has 0 aromatic heterocycles. The van der Waals surface area contributed by atoms with Crippen LogP contribution in [0.4, 0.5) is 4.79 Å². The standard InChI is InChI=1S/C11H20ClNO3/c1-11(2,3)16-10(15)13-8-6-4-5-7-9(12)14/h4-8H2,1-3H3,(H,13,15). The number of nitrogens with one attached hydrogen (secondary N) is 1. The fourth-order valence-electron chi connectivity index (χ4n) is 1.07. The first kappa shape index (κ1) is 15.2. The molecule has 0 aromatic rings. The molecule has 0 rings (SSSR count). The first-order chi connectivity index (χ1) is 7.31. The molecule has 0 aromatic carbocycles. The van der Waals surface area contributed by atoms with Crippen molar-refractivity contribution >= 4 is 22.9 Å². The average molecular weight is 250 g/mol. The molecule has 0 saturated heterocycles. The fourth-order valence-corrected chi connectivity index (χ4v) is 1.20. The topological polar surface area (TPSA) is 55.4 Å². The van der Waals surface area contributed by atoms with Crippen molar-refractivity contribution in [2.24, 2.45) is 0 Å². The Morgan fingerprint density at radius 3 is 2.31 bits per heavy atom. The van der Waals surface area contributed by atoms with Crippen molar-refractivity contribution in [1.82, 2.24) is 5.32 Å². The minimum atomic E-state index is -0.463. The molecule has 0 radical (unpaired) electrons. The van der Waals surface area contributed by atoms with E-state index in [9.17, 15) is 9.59 Å². The highest BCUT2D eigenvalue weighted by atomic mass is 35.5. The first-order valence-corrected chi connectivity index (χ1v) is 5.84. The zero-order valence-electron chi connectivity index (χ0n) is 10.1. The zero-order valence-corrected chi connectivity index (χ0v) is 10.9. The molecule has 0 spiro atoms. The molecule has 1 amide bonds. The highest BCUT2D eigenvalue weighted by molar-refractivity contribution is 6.63. The van der Waals surface area contributed by atoms with Crippen LogP contribution in [-0.2, 0) is 9.53 Å². The number of ether oxygens (including phenoxy) is 1. The SMILES string of the molecule is CC(C)(C)OC(=O)NCCCCCC(=O)Cl. The Morgan fingerprint density at radius 1 is 1.19 bits per heavy atom. The molecule has 0 unspecified atom stereocenters. The molecule has 5 heteroatoms. The van der Waals surface area contributed by atoms with Gasteiger partial charge in [0, 0.05) is 13.0 Å². The first-order valence-electron chi connectivity index (χ1n) is 5.46. The average Bonchev–Trinajstić information content (AvgIpc) is 2.07. The van der Waals surface area contributed by atoms with Gasteiger partial charge in [0.05, 0.1) is 0 Å². The second kappa shape index (κ2) is 7.49. The fraction of sp³-hybridized carbons (Fsp3) is 0.818. The Labute approximate surface area is 102 Å². The van der Waals surface area contributed by atoms with E-state index in [2.05, 4.69) is 5.32 Å². The molecule has 0 fully saturated rings. The quantitative estimate of drug-likeness (QED) is 0.582. The molecule has 0 saturated carbocycles. The third-order valence-electron chi connectivity index (χ3n) is 1.72. The van der Waals surface area contributed by atoms with Gasteiger partial charge in [0.15, 0.2) is 0 Å². The summed E-state index contributed by atoms with van der Waals surface area (Å²) >= 11 is 5.19. The van der Waals surface area contributed by atoms with Crippen LogP contribution < -0.4 is 5.32 Å². The molecule has 0 aliphatic rings. The molecule has 94 valence electrons. The smallest absolute Gasteiger partial charge is 0.407 e. The summed E-state index contributed by atoms with van der Waals surface area (Å²) < 4.78 is 5.06. The van der Waals surface area contributed by atoms with E-state index in [1.807, 2.05) is 20.8 Å². The predicted molar refractivity (Wildman–Crippen MR) is 63.6 cm³/mol. The Kier molecular flexibility index (Phi) is 7.13. The lowest BCUT2D eigenvalue weighted by molar-refractivity contribution is -0.111. The Morgan fingerprint density at radius 2 is 1.81 bits per heavy atom. The summed E-state index contributed by atoms with van der Waals surface area (Å²) in [6.07, 6.45) is 2.45. The summed E-state index contributed by atoms with van der Waals surface area (Å²) in [4.78, 5) is 21.6. The second-order valence-electron chi connectivity index (χ2n) is 4.59. The van der Waals surface area contributed by atoms with E-state index < -0.39 is 11.7 Å². The third-order valence-corrected chi connectivity index (χ3v) is 1.91. The van der Waals surface area contributed by atoms with E-state index in [0.29, 0.717) is 13.0 Å².